The third kappa shape index (κ3) is 3.86. The van der Waals surface area contributed by atoms with Crippen LogP contribution in [0.1, 0.15) is 85.1 Å². The lowest BCUT2D eigenvalue weighted by Gasteiger charge is -2.35. The van der Waals surface area contributed by atoms with Crippen LogP contribution in [0, 0.1) is 35.0 Å². The molecule has 0 aliphatic heterocycles. The van der Waals surface area contributed by atoms with Gasteiger partial charge in [0.1, 0.15) is 5.75 Å². The molecule has 0 radical (unpaired) electrons. The number of hydrogen-bond donors (Lipinski definition) is 0. The maximum absolute atomic E-state index is 6.63. The Morgan fingerprint density at radius 3 is 2.21 bits per heavy atom. The van der Waals surface area contributed by atoms with Crippen LogP contribution in [-0.4, -0.2) is 12.4 Å². The van der Waals surface area contributed by atoms with Crippen molar-refractivity contribution in [2.75, 3.05) is 0 Å². The Balaban J connectivity index is 1.39. The van der Waals surface area contributed by atoms with E-state index >= 15 is 0 Å². The number of rotatable bonds is 6. The van der Waals surface area contributed by atoms with E-state index in [1.54, 1.807) is 0 Å². The molecule has 0 heterocycles. The Kier molecular flexibility index (Phi) is 5.55. The quantitative estimate of drug-likeness (QED) is 0.490. The van der Waals surface area contributed by atoms with E-state index in [0.29, 0.717) is 17.9 Å². The molecular weight excluding hydrogens is 344 g/mol. The fourth-order valence-corrected chi connectivity index (χ4v) is 6.12. The Morgan fingerprint density at radius 1 is 0.893 bits per heavy atom. The molecule has 0 amide bonds. The lowest BCUT2D eigenvalue weighted by atomic mass is 9.78. The second kappa shape index (κ2) is 7.67. The van der Waals surface area contributed by atoms with Crippen LogP contribution in [0.5, 0.6) is 5.75 Å². The first-order chi connectivity index (χ1) is 13.2. The molecule has 7 atom stereocenters. The monoisotopic (exact) mass is 384 g/mol. The van der Waals surface area contributed by atoms with Crippen molar-refractivity contribution in [3.8, 4) is 5.75 Å². The van der Waals surface area contributed by atoms with E-state index in [9.17, 15) is 0 Å². The summed E-state index contributed by atoms with van der Waals surface area (Å²) in [6.07, 6.45) is 7.30. The van der Waals surface area contributed by atoms with Crippen LogP contribution in [0.4, 0.5) is 0 Å². The van der Waals surface area contributed by atoms with Crippen molar-refractivity contribution < 1.29 is 9.47 Å². The Labute approximate surface area is 172 Å². The average Bonchev–Trinajstić information content (AvgIpc) is 3.33. The van der Waals surface area contributed by atoms with Crippen LogP contribution in [0.15, 0.2) is 24.3 Å². The first-order valence-corrected chi connectivity index (χ1v) is 11.7. The van der Waals surface area contributed by atoms with Gasteiger partial charge in [-0.1, -0.05) is 60.1 Å². The average molecular weight is 385 g/mol. The summed E-state index contributed by atoms with van der Waals surface area (Å²) in [4.78, 5) is 0. The highest BCUT2D eigenvalue weighted by Crippen LogP contribution is 2.59. The Morgan fingerprint density at radius 2 is 1.57 bits per heavy atom. The zero-order chi connectivity index (χ0) is 20.1. The third-order valence-corrected chi connectivity index (χ3v) is 8.15. The van der Waals surface area contributed by atoms with Crippen molar-refractivity contribution >= 4 is 0 Å². The van der Waals surface area contributed by atoms with Crippen LogP contribution in [0.3, 0.4) is 0 Å². The molecule has 0 aromatic heterocycles. The van der Waals surface area contributed by atoms with E-state index in [1.807, 2.05) is 0 Å². The minimum absolute atomic E-state index is 0.143. The molecule has 156 valence electrons. The zero-order valence-corrected chi connectivity index (χ0v) is 18.8. The van der Waals surface area contributed by atoms with Gasteiger partial charge >= 0.3 is 0 Å². The van der Waals surface area contributed by atoms with Crippen LogP contribution in [0.25, 0.3) is 0 Å². The fraction of sp³-hybridized carbons (Fsp3) is 0.769. The largest absolute Gasteiger partial charge is 0.465 e. The topological polar surface area (TPSA) is 18.5 Å². The SMILES string of the molecule is CC(C)C(Oc1ccc(C(C)C(C)(C)C)cc1)OC1CC2CC1C1CCCC21. The smallest absolute Gasteiger partial charge is 0.202 e. The van der Waals surface area contributed by atoms with Crippen molar-refractivity contribution in [3.05, 3.63) is 29.8 Å². The molecule has 0 saturated heterocycles. The van der Waals surface area contributed by atoms with E-state index in [2.05, 4.69) is 65.8 Å². The van der Waals surface area contributed by atoms with E-state index < -0.39 is 0 Å². The highest BCUT2D eigenvalue weighted by Gasteiger charge is 2.54. The summed E-state index contributed by atoms with van der Waals surface area (Å²) in [6, 6.07) is 8.71. The summed E-state index contributed by atoms with van der Waals surface area (Å²) in [5.74, 6) is 5.48. The van der Waals surface area contributed by atoms with Crippen LogP contribution >= 0.6 is 0 Å². The normalized spacial score (nSPS) is 33.9. The fourth-order valence-electron chi connectivity index (χ4n) is 6.12. The molecular formula is C26H40O2. The molecule has 3 saturated carbocycles. The summed E-state index contributed by atoms with van der Waals surface area (Å²) in [7, 11) is 0. The predicted octanol–water partition coefficient (Wildman–Crippen LogP) is 7.04. The molecule has 3 fully saturated rings. The van der Waals surface area contributed by atoms with Gasteiger partial charge in [-0.15, -0.1) is 0 Å². The van der Waals surface area contributed by atoms with E-state index in [4.69, 9.17) is 9.47 Å². The molecule has 3 aliphatic carbocycles. The molecule has 0 N–H and O–H groups in total. The molecule has 1 aromatic carbocycles. The summed E-state index contributed by atoms with van der Waals surface area (Å²) in [6.45, 7) is 13.6. The van der Waals surface area contributed by atoms with Gasteiger partial charge in [-0.3, -0.25) is 0 Å². The maximum atomic E-state index is 6.63. The Hall–Kier alpha value is -1.02. The number of hydrogen-bond acceptors (Lipinski definition) is 2. The van der Waals surface area contributed by atoms with Gasteiger partial charge in [0.25, 0.3) is 0 Å². The molecule has 0 spiro atoms. The van der Waals surface area contributed by atoms with E-state index in [1.165, 1.54) is 37.7 Å². The van der Waals surface area contributed by atoms with Crippen molar-refractivity contribution in [1.29, 1.82) is 0 Å². The third-order valence-electron chi connectivity index (χ3n) is 8.15. The Bertz CT molecular complexity index is 656. The summed E-state index contributed by atoms with van der Waals surface area (Å²) in [5.41, 5.74) is 1.65. The molecule has 2 bridgehead atoms. The first-order valence-electron chi connectivity index (χ1n) is 11.7. The molecule has 2 nitrogen and oxygen atoms in total. The minimum atomic E-state index is -0.143. The maximum Gasteiger partial charge on any atom is 0.202 e. The van der Waals surface area contributed by atoms with Crippen molar-refractivity contribution in [2.45, 2.75) is 92.0 Å². The summed E-state index contributed by atoms with van der Waals surface area (Å²) in [5, 5.41) is 0. The van der Waals surface area contributed by atoms with Crippen LogP contribution in [-0.2, 0) is 4.74 Å². The lowest BCUT2D eigenvalue weighted by molar-refractivity contribution is -0.162. The van der Waals surface area contributed by atoms with E-state index in [-0.39, 0.29) is 11.7 Å². The predicted molar refractivity (Wildman–Crippen MR) is 115 cm³/mol. The second-order valence-corrected chi connectivity index (χ2v) is 11.2. The summed E-state index contributed by atoms with van der Waals surface area (Å²) >= 11 is 0. The first kappa shape index (κ1) is 20.3. The van der Waals surface area contributed by atoms with Crippen LogP contribution < -0.4 is 4.74 Å². The number of ether oxygens (including phenoxy) is 2. The van der Waals surface area contributed by atoms with Crippen molar-refractivity contribution in [2.24, 2.45) is 35.0 Å². The second-order valence-electron chi connectivity index (χ2n) is 11.2. The zero-order valence-electron chi connectivity index (χ0n) is 18.8. The van der Waals surface area contributed by atoms with Gasteiger partial charge in [0.2, 0.25) is 6.29 Å². The van der Waals surface area contributed by atoms with Gasteiger partial charge in [0.05, 0.1) is 6.10 Å². The standard InChI is InChI=1S/C26H40O2/c1-16(2)25(27-20-12-10-18(11-13-20)17(3)26(4,5)6)28-24-15-19-14-23(24)22-9-7-8-21(19)22/h10-13,16-17,19,21-25H,7-9,14-15H2,1-6H3. The van der Waals surface area contributed by atoms with Crippen molar-refractivity contribution in [1.82, 2.24) is 0 Å². The minimum Gasteiger partial charge on any atom is -0.465 e. The molecule has 7 unspecified atom stereocenters. The van der Waals surface area contributed by atoms with Crippen LogP contribution in [0.2, 0.25) is 0 Å². The molecule has 4 rings (SSSR count). The van der Waals surface area contributed by atoms with Gasteiger partial charge in [0, 0.05) is 5.92 Å². The van der Waals surface area contributed by atoms with Gasteiger partial charge in [0.15, 0.2) is 0 Å². The van der Waals surface area contributed by atoms with Gasteiger partial charge in [-0.25, -0.2) is 0 Å². The highest BCUT2D eigenvalue weighted by atomic mass is 16.7. The van der Waals surface area contributed by atoms with E-state index in [0.717, 1.165) is 29.4 Å². The molecule has 28 heavy (non-hydrogen) atoms. The van der Waals surface area contributed by atoms with Crippen molar-refractivity contribution in [3.63, 3.8) is 0 Å². The number of benzene rings is 1. The van der Waals surface area contributed by atoms with Gasteiger partial charge in [-0.2, -0.15) is 0 Å². The molecule has 2 heteroatoms. The summed E-state index contributed by atoms with van der Waals surface area (Å²) < 4.78 is 13.0. The van der Waals surface area contributed by atoms with Gasteiger partial charge < -0.3 is 9.47 Å². The molecule has 3 aliphatic rings. The van der Waals surface area contributed by atoms with Gasteiger partial charge in [-0.05, 0) is 78.4 Å². The lowest BCUT2D eigenvalue weighted by Crippen LogP contribution is -2.37. The number of fused-ring (bicyclic) bond motifs is 5. The highest BCUT2D eigenvalue weighted by molar-refractivity contribution is 5.30. The molecule has 1 aromatic rings.